The van der Waals surface area contributed by atoms with Crippen molar-refractivity contribution >= 4 is 33.9 Å². The number of fused-ring (bicyclic) bond motifs is 1. The van der Waals surface area contributed by atoms with E-state index in [4.69, 9.17) is 16.6 Å². The van der Waals surface area contributed by atoms with E-state index >= 15 is 0 Å². The van der Waals surface area contributed by atoms with Crippen molar-refractivity contribution in [2.75, 3.05) is 6.54 Å². The van der Waals surface area contributed by atoms with Crippen LogP contribution in [0.4, 0.5) is 4.39 Å². The molecule has 0 radical (unpaired) electrons. The molecule has 1 aliphatic heterocycles. The highest BCUT2D eigenvalue weighted by Gasteiger charge is 2.21. The number of rotatable bonds is 7. The SMILES string of the molecule is CC(C)CCCn1cc(-c2cnc3ccc(C4=CCN=C4c4cc(Cl)ccc4F)nc3c2)cn1. The number of allylic oxidation sites excluding steroid dienone is 1. The average molecular weight is 474 g/mol. The van der Waals surface area contributed by atoms with Gasteiger partial charge in [-0.2, -0.15) is 5.10 Å². The number of aliphatic imine (C=N–C) groups is 1. The van der Waals surface area contributed by atoms with E-state index in [-0.39, 0.29) is 5.82 Å². The maximum Gasteiger partial charge on any atom is 0.132 e. The first-order chi connectivity index (χ1) is 16.5. The third-order valence-electron chi connectivity index (χ3n) is 5.93. The number of halogens is 2. The Hall–Kier alpha value is -3.38. The van der Waals surface area contributed by atoms with Crippen molar-refractivity contribution in [3.05, 3.63) is 83.2 Å². The van der Waals surface area contributed by atoms with Crippen molar-refractivity contribution < 1.29 is 4.39 Å². The van der Waals surface area contributed by atoms with Gasteiger partial charge >= 0.3 is 0 Å². The van der Waals surface area contributed by atoms with Crippen LogP contribution in [0.15, 0.2) is 66.1 Å². The Labute approximate surface area is 203 Å². The Balaban J connectivity index is 1.43. The molecule has 4 aromatic rings. The fraction of sp³-hybridized carbons (Fsp3) is 0.259. The summed E-state index contributed by atoms with van der Waals surface area (Å²) in [5.74, 6) is 0.335. The molecule has 0 fully saturated rings. The molecular formula is C27H25ClFN5. The molecule has 0 unspecified atom stereocenters. The second-order valence-corrected chi connectivity index (χ2v) is 9.35. The van der Waals surface area contributed by atoms with E-state index in [2.05, 4.69) is 35.1 Å². The van der Waals surface area contributed by atoms with Crippen LogP contribution in [0, 0.1) is 11.7 Å². The Morgan fingerprint density at radius 1 is 1.06 bits per heavy atom. The van der Waals surface area contributed by atoms with Gasteiger partial charge in [-0.3, -0.25) is 14.7 Å². The van der Waals surface area contributed by atoms with Gasteiger partial charge in [-0.1, -0.05) is 31.5 Å². The van der Waals surface area contributed by atoms with E-state index in [1.165, 1.54) is 18.6 Å². The molecule has 0 spiro atoms. The van der Waals surface area contributed by atoms with Gasteiger partial charge < -0.3 is 0 Å². The Bertz CT molecular complexity index is 1420. The summed E-state index contributed by atoms with van der Waals surface area (Å²) in [6.07, 6.45) is 10.0. The monoisotopic (exact) mass is 473 g/mol. The lowest BCUT2D eigenvalue weighted by atomic mass is 9.99. The normalized spacial score (nSPS) is 13.6. The smallest absolute Gasteiger partial charge is 0.132 e. The predicted molar refractivity (Wildman–Crippen MR) is 136 cm³/mol. The highest BCUT2D eigenvalue weighted by atomic mass is 35.5. The van der Waals surface area contributed by atoms with Gasteiger partial charge in [0.1, 0.15) is 5.82 Å². The van der Waals surface area contributed by atoms with Gasteiger partial charge in [0.05, 0.1) is 35.2 Å². The zero-order valence-electron chi connectivity index (χ0n) is 19.2. The lowest BCUT2D eigenvalue weighted by Crippen LogP contribution is -2.06. The molecule has 4 heterocycles. The van der Waals surface area contributed by atoms with Gasteiger partial charge in [0.25, 0.3) is 0 Å². The van der Waals surface area contributed by atoms with E-state index in [1.54, 1.807) is 6.07 Å². The predicted octanol–water partition coefficient (Wildman–Crippen LogP) is 6.61. The highest BCUT2D eigenvalue weighted by Crippen LogP contribution is 2.29. The molecule has 5 rings (SSSR count). The van der Waals surface area contributed by atoms with Crippen LogP contribution in [0.3, 0.4) is 0 Å². The molecule has 0 saturated carbocycles. The topological polar surface area (TPSA) is 56.0 Å². The Morgan fingerprint density at radius 3 is 2.79 bits per heavy atom. The highest BCUT2D eigenvalue weighted by molar-refractivity contribution is 6.35. The molecule has 0 atom stereocenters. The maximum atomic E-state index is 14.5. The lowest BCUT2D eigenvalue weighted by Gasteiger charge is -2.10. The molecule has 0 N–H and O–H groups in total. The van der Waals surface area contributed by atoms with E-state index < -0.39 is 0 Å². The van der Waals surface area contributed by atoms with Crippen LogP contribution >= 0.6 is 11.6 Å². The van der Waals surface area contributed by atoms with Crippen molar-refractivity contribution in [2.45, 2.75) is 33.2 Å². The zero-order chi connectivity index (χ0) is 23.7. The van der Waals surface area contributed by atoms with Crippen LogP contribution in [0.1, 0.15) is 37.9 Å². The maximum absolute atomic E-state index is 14.5. The van der Waals surface area contributed by atoms with Crippen molar-refractivity contribution in [2.24, 2.45) is 10.9 Å². The standard InChI is InChI=1S/C27H25ClFN5/c1-17(2)4-3-11-34-16-19(15-32-34)18-12-26-25(31-14-18)8-7-24(33-26)21-9-10-30-27(21)22-13-20(28)5-6-23(22)29/h5-9,12-17H,3-4,10-11H2,1-2H3. The number of benzene rings is 1. The molecular weight excluding hydrogens is 449 g/mol. The molecule has 0 amide bonds. The summed E-state index contributed by atoms with van der Waals surface area (Å²) in [7, 11) is 0. The van der Waals surface area contributed by atoms with Crippen LogP contribution < -0.4 is 0 Å². The van der Waals surface area contributed by atoms with Gasteiger partial charge in [0, 0.05) is 46.2 Å². The van der Waals surface area contributed by atoms with E-state index in [0.29, 0.717) is 28.8 Å². The molecule has 0 aliphatic carbocycles. The number of hydrogen-bond acceptors (Lipinski definition) is 4. The van der Waals surface area contributed by atoms with Gasteiger partial charge in [-0.25, -0.2) is 9.37 Å². The third-order valence-corrected chi connectivity index (χ3v) is 6.17. The Morgan fingerprint density at radius 2 is 1.94 bits per heavy atom. The molecule has 172 valence electrons. The molecule has 0 bridgehead atoms. The summed E-state index contributed by atoms with van der Waals surface area (Å²) in [5, 5.41) is 4.97. The minimum absolute atomic E-state index is 0.355. The van der Waals surface area contributed by atoms with Gasteiger partial charge in [0.15, 0.2) is 0 Å². The number of aromatic nitrogens is 4. The Kier molecular flexibility index (Phi) is 6.24. The fourth-order valence-electron chi connectivity index (χ4n) is 4.16. The van der Waals surface area contributed by atoms with Crippen LogP contribution in [-0.4, -0.2) is 32.0 Å². The third kappa shape index (κ3) is 4.64. The average Bonchev–Trinajstić information content (AvgIpc) is 3.50. The van der Waals surface area contributed by atoms with Crippen LogP contribution in [-0.2, 0) is 6.54 Å². The summed E-state index contributed by atoms with van der Waals surface area (Å²) in [5.41, 5.74) is 6.01. The molecule has 34 heavy (non-hydrogen) atoms. The van der Waals surface area contributed by atoms with Crippen LogP contribution in [0.2, 0.25) is 5.02 Å². The lowest BCUT2D eigenvalue weighted by molar-refractivity contribution is 0.490. The first-order valence-electron chi connectivity index (χ1n) is 11.5. The van der Waals surface area contributed by atoms with Crippen molar-refractivity contribution in [1.82, 2.24) is 19.7 Å². The molecule has 0 saturated heterocycles. The molecule has 7 heteroatoms. The van der Waals surface area contributed by atoms with Gasteiger partial charge in [0.2, 0.25) is 0 Å². The second-order valence-electron chi connectivity index (χ2n) is 8.92. The first-order valence-corrected chi connectivity index (χ1v) is 11.9. The van der Waals surface area contributed by atoms with E-state index in [9.17, 15) is 4.39 Å². The second kappa shape index (κ2) is 9.47. The number of nitrogens with zero attached hydrogens (tertiary/aromatic N) is 5. The number of pyridine rings is 2. The molecule has 3 aromatic heterocycles. The van der Waals surface area contributed by atoms with Crippen molar-refractivity contribution in [3.63, 3.8) is 0 Å². The van der Waals surface area contributed by atoms with Gasteiger partial charge in [-0.05, 0) is 55.2 Å². The number of aryl methyl sites for hydroxylation is 1. The summed E-state index contributed by atoms with van der Waals surface area (Å²) in [4.78, 5) is 14.0. The summed E-state index contributed by atoms with van der Waals surface area (Å²) in [6.45, 7) is 5.85. The minimum Gasteiger partial charge on any atom is -0.280 e. The van der Waals surface area contributed by atoms with Gasteiger partial charge in [-0.15, -0.1) is 0 Å². The first kappa shape index (κ1) is 22.4. The largest absolute Gasteiger partial charge is 0.280 e. The summed E-state index contributed by atoms with van der Waals surface area (Å²) in [6, 6.07) is 10.4. The van der Waals surface area contributed by atoms with E-state index in [0.717, 1.165) is 46.4 Å². The van der Waals surface area contributed by atoms with Crippen molar-refractivity contribution in [1.29, 1.82) is 0 Å². The summed E-state index contributed by atoms with van der Waals surface area (Å²) >= 11 is 6.11. The fourth-order valence-corrected chi connectivity index (χ4v) is 4.33. The van der Waals surface area contributed by atoms with E-state index in [1.807, 2.05) is 41.4 Å². The minimum atomic E-state index is -0.355. The molecule has 5 nitrogen and oxygen atoms in total. The molecule has 1 aromatic carbocycles. The zero-order valence-corrected chi connectivity index (χ0v) is 19.9. The quantitative estimate of drug-likeness (QED) is 0.303. The summed E-state index contributed by atoms with van der Waals surface area (Å²) < 4.78 is 16.5. The van der Waals surface area contributed by atoms with Crippen molar-refractivity contribution in [3.8, 4) is 11.1 Å². The number of hydrogen-bond donors (Lipinski definition) is 0. The molecule has 1 aliphatic rings. The van der Waals surface area contributed by atoms with Crippen LogP contribution in [0.5, 0.6) is 0 Å². The van der Waals surface area contributed by atoms with Crippen LogP contribution in [0.25, 0.3) is 27.7 Å².